The normalized spacial score (nSPS) is 14.1. The van der Waals surface area contributed by atoms with Crippen LogP contribution in [0.25, 0.3) is 0 Å². The summed E-state index contributed by atoms with van der Waals surface area (Å²) in [4.78, 5) is 31.0. The number of hydrogen-bond acceptors (Lipinski definition) is 4. The standard InChI is InChI=1S/C14H17O7P/c15-12(16)8-10-14(13(17)18,21-22(19)20)9-4-7-11-5-2-1-3-6-11/h1-3,5-6H,4,7-10H2,(H2-,15,16,17,18,19,20)/p+1. The Kier molecular flexibility index (Phi) is 7.11. The van der Waals surface area contributed by atoms with Crippen LogP contribution in [0.5, 0.6) is 0 Å². The van der Waals surface area contributed by atoms with Crippen LogP contribution >= 0.6 is 8.25 Å². The zero-order chi connectivity index (χ0) is 16.6. The molecule has 8 heteroatoms. The van der Waals surface area contributed by atoms with Gasteiger partial charge in [-0.15, -0.1) is 9.42 Å². The molecule has 1 aromatic carbocycles. The maximum absolute atomic E-state index is 11.5. The summed E-state index contributed by atoms with van der Waals surface area (Å²) in [6.07, 6.45) is 0.0780. The molecule has 2 unspecified atom stereocenters. The fourth-order valence-electron chi connectivity index (χ4n) is 2.15. The number of rotatable bonds is 10. The largest absolute Gasteiger partial charge is 0.695 e. The first-order chi connectivity index (χ1) is 10.4. The zero-order valence-electron chi connectivity index (χ0n) is 11.8. The van der Waals surface area contributed by atoms with Gasteiger partial charge in [-0.1, -0.05) is 30.3 Å². The molecule has 0 saturated heterocycles. The third kappa shape index (κ3) is 5.89. The average molecular weight is 329 g/mol. The number of aryl methyl sites for hydroxylation is 1. The van der Waals surface area contributed by atoms with E-state index >= 15 is 0 Å². The second-order valence-corrected chi connectivity index (χ2v) is 5.52. The van der Waals surface area contributed by atoms with Crippen LogP contribution in [0.4, 0.5) is 0 Å². The summed E-state index contributed by atoms with van der Waals surface area (Å²) in [6.45, 7) is 0. The molecule has 0 aliphatic carbocycles. The molecular weight excluding hydrogens is 311 g/mol. The highest BCUT2D eigenvalue weighted by Gasteiger charge is 2.47. The first-order valence-electron chi connectivity index (χ1n) is 6.70. The van der Waals surface area contributed by atoms with E-state index in [0.29, 0.717) is 12.8 Å². The molecule has 2 atom stereocenters. The minimum atomic E-state index is -3.15. The van der Waals surface area contributed by atoms with Gasteiger partial charge in [0.2, 0.25) is 5.60 Å². The fraction of sp³-hybridized carbons (Fsp3) is 0.429. The number of carboxylic acid groups (broad SMARTS) is 2. The molecule has 7 nitrogen and oxygen atoms in total. The van der Waals surface area contributed by atoms with Gasteiger partial charge in [-0.2, -0.15) is 0 Å². The first kappa shape index (κ1) is 18.2. The monoisotopic (exact) mass is 329 g/mol. The summed E-state index contributed by atoms with van der Waals surface area (Å²) in [7, 11) is -3.15. The molecule has 120 valence electrons. The first-order valence-corrected chi connectivity index (χ1v) is 7.83. The van der Waals surface area contributed by atoms with Crippen molar-refractivity contribution in [1.29, 1.82) is 0 Å². The van der Waals surface area contributed by atoms with Crippen LogP contribution in [0.1, 0.15) is 31.2 Å². The third-order valence-electron chi connectivity index (χ3n) is 3.27. The fourth-order valence-corrected chi connectivity index (χ4v) is 2.71. The Morgan fingerprint density at radius 3 is 2.27 bits per heavy atom. The number of aliphatic carboxylic acids is 2. The van der Waals surface area contributed by atoms with Crippen molar-refractivity contribution in [3.05, 3.63) is 35.9 Å². The Balaban J connectivity index is 2.76. The molecule has 0 heterocycles. The van der Waals surface area contributed by atoms with E-state index in [4.69, 9.17) is 10.00 Å². The van der Waals surface area contributed by atoms with Crippen molar-refractivity contribution < 1.29 is 33.8 Å². The van der Waals surface area contributed by atoms with Crippen LogP contribution in [-0.2, 0) is 25.1 Å². The number of hydrogen-bond donors (Lipinski definition) is 3. The SMILES string of the molecule is O=C(O)CCC(CCCc1ccccc1)(O[P+](=O)O)C(=O)O. The molecule has 3 N–H and O–H groups in total. The van der Waals surface area contributed by atoms with Crippen molar-refractivity contribution in [2.24, 2.45) is 0 Å². The number of benzene rings is 1. The Morgan fingerprint density at radius 1 is 1.14 bits per heavy atom. The molecule has 1 rings (SSSR count). The Labute approximate surface area is 128 Å². The molecule has 1 aromatic rings. The van der Waals surface area contributed by atoms with Crippen molar-refractivity contribution in [1.82, 2.24) is 0 Å². The topological polar surface area (TPSA) is 121 Å². The summed E-state index contributed by atoms with van der Waals surface area (Å²) in [5.74, 6) is -2.62. The number of carboxylic acids is 2. The molecule has 0 spiro atoms. The highest BCUT2D eigenvalue weighted by molar-refractivity contribution is 7.32. The van der Waals surface area contributed by atoms with Gasteiger partial charge in [-0.3, -0.25) is 4.79 Å². The Bertz CT molecular complexity index is 531. The average Bonchev–Trinajstić information content (AvgIpc) is 2.45. The lowest BCUT2D eigenvalue weighted by atomic mass is 9.90. The molecule has 0 aromatic heterocycles. The van der Waals surface area contributed by atoms with E-state index in [1.54, 1.807) is 0 Å². The van der Waals surface area contributed by atoms with Crippen LogP contribution in [0.15, 0.2) is 30.3 Å². The van der Waals surface area contributed by atoms with Gasteiger partial charge in [0.1, 0.15) is 0 Å². The Morgan fingerprint density at radius 2 is 1.77 bits per heavy atom. The lowest BCUT2D eigenvalue weighted by molar-refractivity contribution is -0.158. The molecule has 0 saturated carbocycles. The van der Waals surface area contributed by atoms with E-state index in [2.05, 4.69) is 4.52 Å². The van der Waals surface area contributed by atoms with Gasteiger partial charge in [0.05, 0.1) is 0 Å². The van der Waals surface area contributed by atoms with Gasteiger partial charge < -0.3 is 10.2 Å². The van der Waals surface area contributed by atoms with Crippen LogP contribution < -0.4 is 0 Å². The molecule has 0 aliphatic rings. The van der Waals surface area contributed by atoms with Crippen molar-refractivity contribution in [3.8, 4) is 0 Å². The highest BCUT2D eigenvalue weighted by Crippen LogP contribution is 2.34. The van der Waals surface area contributed by atoms with Crippen molar-refractivity contribution in [2.45, 2.75) is 37.7 Å². The lowest BCUT2D eigenvalue weighted by Gasteiger charge is -2.22. The minimum absolute atomic E-state index is 0.0495. The van der Waals surface area contributed by atoms with Gasteiger partial charge in [-0.05, 0) is 24.8 Å². The number of carbonyl (C=O) groups is 2. The molecule has 0 fully saturated rings. The van der Waals surface area contributed by atoms with E-state index in [1.165, 1.54) is 0 Å². The van der Waals surface area contributed by atoms with E-state index in [9.17, 15) is 19.3 Å². The van der Waals surface area contributed by atoms with E-state index < -0.39 is 32.2 Å². The van der Waals surface area contributed by atoms with Crippen molar-refractivity contribution in [3.63, 3.8) is 0 Å². The molecule has 0 bridgehead atoms. The third-order valence-corrected chi connectivity index (χ3v) is 3.78. The molecule has 0 amide bonds. The van der Waals surface area contributed by atoms with Crippen LogP contribution in [-0.4, -0.2) is 32.6 Å². The lowest BCUT2D eigenvalue weighted by Crippen LogP contribution is -2.40. The maximum Gasteiger partial charge on any atom is 0.695 e. The van der Waals surface area contributed by atoms with E-state index in [0.717, 1.165) is 5.56 Å². The summed E-state index contributed by atoms with van der Waals surface area (Å²) in [5.41, 5.74) is -0.969. The maximum atomic E-state index is 11.5. The van der Waals surface area contributed by atoms with Gasteiger partial charge in [0.25, 0.3) is 0 Å². The van der Waals surface area contributed by atoms with E-state index in [-0.39, 0.29) is 12.8 Å². The van der Waals surface area contributed by atoms with Crippen molar-refractivity contribution in [2.75, 3.05) is 0 Å². The van der Waals surface area contributed by atoms with Crippen molar-refractivity contribution >= 4 is 20.2 Å². The van der Waals surface area contributed by atoms with E-state index in [1.807, 2.05) is 30.3 Å². The second-order valence-electron chi connectivity index (χ2n) is 4.86. The molecule has 22 heavy (non-hydrogen) atoms. The minimum Gasteiger partial charge on any atom is -0.481 e. The van der Waals surface area contributed by atoms with Crippen LogP contribution in [0.2, 0.25) is 0 Å². The Hall–Kier alpha value is -1.82. The molecular formula is C14H18O7P+. The quantitative estimate of drug-likeness (QED) is 0.563. The van der Waals surface area contributed by atoms with Gasteiger partial charge in [-0.25, -0.2) is 4.79 Å². The van der Waals surface area contributed by atoms with Crippen LogP contribution in [0, 0.1) is 0 Å². The molecule has 0 radical (unpaired) electrons. The predicted molar refractivity (Wildman–Crippen MR) is 77.5 cm³/mol. The smallest absolute Gasteiger partial charge is 0.481 e. The van der Waals surface area contributed by atoms with Gasteiger partial charge >= 0.3 is 20.2 Å². The van der Waals surface area contributed by atoms with Gasteiger partial charge in [0.15, 0.2) is 0 Å². The highest BCUT2D eigenvalue weighted by atomic mass is 31.1. The summed E-state index contributed by atoms with van der Waals surface area (Å²) >= 11 is 0. The zero-order valence-corrected chi connectivity index (χ0v) is 12.7. The molecule has 0 aliphatic heterocycles. The summed E-state index contributed by atoms with van der Waals surface area (Å²) < 4.78 is 15.6. The van der Waals surface area contributed by atoms with Crippen LogP contribution in [0.3, 0.4) is 0 Å². The second kappa shape index (κ2) is 8.58. The van der Waals surface area contributed by atoms with Gasteiger partial charge in [0, 0.05) is 17.4 Å². The summed E-state index contributed by atoms with van der Waals surface area (Å²) in [5, 5.41) is 18.0. The summed E-state index contributed by atoms with van der Waals surface area (Å²) in [6, 6.07) is 9.33. The predicted octanol–water partition coefficient (Wildman–Crippen LogP) is 2.36.